The van der Waals surface area contributed by atoms with Crippen LogP contribution in [0, 0.1) is 17.5 Å². The van der Waals surface area contributed by atoms with Gasteiger partial charge in [0.05, 0.1) is 11.2 Å². The van der Waals surface area contributed by atoms with Crippen LogP contribution in [0.1, 0.15) is 10.4 Å². The van der Waals surface area contributed by atoms with Crippen molar-refractivity contribution >= 4 is 17.2 Å². The minimum absolute atomic E-state index is 0.0177. The van der Waals surface area contributed by atoms with Crippen molar-refractivity contribution in [1.82, 2.24) is 4.98 Å². The number of hydrogen-bond acceptors (Lipinski definition) is 1. The van der Waals surface area contributed by atoms with Gasteiger partial charge in [0.15, 0.2) is 6.29 Å². The highest BCUT2D eigenvalue weighted by atomic mass is 19.1. The Balaban J connectivity index is 2.36. The van der Waals surface area contributed by atoms with Gasteiger partial charge in [-0.1, -0.05) is 12.1 Å². The minimum Gasteiger partial charge on any atom is -0.351 e. The van der Waals surface area contributed by atoms with Crippen LogP contribution >= 0.6 is 0 Å². The largest absolute Gasteiger partial charge is 0.351 e. The van der Waals surface area contributed by atoms with E-state index in [1.54, 1.807) is 6.07 Å². The van der Waals surface area contributed by atoms with E-state index in [-0.39, 0.29) is 22.3 Å². The first-order valence-corrected chi connectivity index (χ1v) is 5.82. The molecule has 2 nitrogen and oxygen atoms in total. The smallest absolute Gasteiger partial charge is 0.152 e. The molecule has 0 amide bonds. The summed E-state index contributed by atoms with van der Waals surface area (Å²) in [7, 11) is 0. The van der Waals surface area contributed by atoms with E-state index in [4.69, 9.17) is 0 Å². The molecular weight excluding hydrogens is 267 g/mol. The molecular formula is C15H8F3NO. The Hall–Kier alpha value is -2.56. The van der Waals surface area contributed by atoms with Gasteiger partial charge in [-0.15, -0.1) is 0 Å². The zero-order valence-corrected chi connectivity index (χ0v) is 10.1. The van der Waals surface area contributed by atoms with E-state index in [2.05, 4.69) is 4.98 Å². The van der Waals surface area contributed by atoms with Gasteiger partial charge in [-0.2, -0.15) is 0 Å². The van der Waals surface area contributed by atoms with Gasteiger partial charge in [-0.3, -0.25) is 4.79 Å². The maximum absolute atomic E-state index is 13.8. The maximum Gasteiger partial charge on any atom is 0.152 e. The summed E-state index contributed by atoms with van der Waals surface area (Å²) in [5.74, 6) is -2.08. The molecule has 0 bridgehead atoms. The summed E-state index contributed by atoms with van der Waals surface area (Å²) >= 11 is 0. The summed E-state index contributed by atoms with van der Waals surface area (Å²) in [6.07, 6.45) is 0.524. The van der Waals surface area contributed by atoms with E-state index in [1.165, 1.54) is 18.2 Å². The number of rotatable bonds is 2. The Labute approximate surface area is 111 Å². The molecule has 0 radical (unpaired) electrons. The van der Waals surface area contributed by atoms with Gasteiger partial charge >= 0.3 is 0 Å². The lowest BCUT2D eigenvalue weighted by atomic mass is 10.1. The summed E-state index contributed by atoms with van der Waals surface area (Å²) in [6, 6.07) is 7.26. The first-order chi connectivity index (χ1) is 9.61. The fraction of sp³-hybridized carbons (Fsp3) is 0. The van der Waals surface area contributed by atoms with Gasteiger partial charge in [0.2, 0.25) is 0 Å². The van der Waals surface area contributed by atoms with E-state index >= 15 is 0 Å². The number of carbonyl (C=O) groups is 1. The zero-order chi connectivity index (χ0) is 14.3. The van der Waals surface area contributed by atoms with E-state index in [9.17, 15) is 18.0 Å². The summed E-state index contributed by atoms with van der Waals surface area (Å²) < 4.78 is 40.4. The maximum atomic E-state index is 13.8. The monoisotopic (exact) mass is 275 g/mol. The van der Waals surface area contributed by atoms with E-state index in [1.807, 2.05) is 0 Å². The molecule has 0 saturated carbocycles. The number of H-pyrrole nitrogens is 1. The Morgan fingerprint density at radius 1 is 1.00 bits per heavy atom. The number of aromatic amines is 1. The van der Waals surface area contributed by atoms with Crippen LogP contribution in [-0.4, -0.2) is 11.3 Å². The van der Waals surface area contributed by atoms with Crippen molar-refractivity contribution in [3.8, 4) is 11.3 Å². The van der Waals surface area contributed by atoms with Crippen molar-refractivity contribution in [1.29, 1.82) is 0 Å². The summed E-state index contributed by atoms with van der Waals surface area (Å²) in [6.45, 7) is 0. The predicted octanol–water partition coefficient (Wildman–Crippen LogP) is 4.06. The van der Waals surface area contributed by atoms with Crippen LogP contribution in [0.15, 0.2) is 36.4 Å². The molecule has 0 spiro atoms. The third kappa shape index (κ3) is 1.79. The van der Waals surface area contributed by atoms with Crippen LogP contribution in [0.5, 0.6) is 0 Å². The molecule has 0 fully saturated rings. The van der Waals surface area contributed by atoms with Gasteiger partial charge in [0, 0.05) is 22.6 Å². The molecule has 3 aromatic rings. The van der Waals surface area contributed by atoms with Crippen LogP contribution < -0.4 is 0 Å². The van der Waals surface area contributed by atoms with Crippen molar-refractivity contribution < 1.29 is 18.0 Å². The average molecular weight is 275 g/mol. The van der Waals surface area contributed by atoms with Crippen LogP contribution in [0.4, 0.5) is 13.2 Å². The molecule has 1 heterocycles. The SMILES string of the molecule is O=Cc1c(-c2ccc(F)cc2F)[nH]c2c(F)cccc12. The summed E-state index contributed by atoms with van der Waals surface area (Å²) in [5.41, 5.74) is 0.417. The topological polar surface area (TPSA) is 32.9 Å². The zero-order valence-electron chi connectivity index (χ0n) is 10.1. The summed E-state index contributed by atoms with van der Waals surface area (Å²) in [4.78, 5) is 13.9. The molecule has 5 heteroatoms. The first-order valence-electron chi connectivity index (χ1n) is 5.82. The molecule has 1 N–H and O–H groups in total. The quantitative estimate of drug-likeness (QED) is 0.703. The van der Waals surface area contributed by atoms with Crippen LogP contribution in [0.25, 0.3) is 22.2 Å². The molecule has 0 aliphatic heterocycles. The molecule has 100 valence electrons. The highest BCUT2D eigenvalue weighted by Crippen LogP contribution is 2.32. The van der Waals surface area contributed by atoms with E-state index in [0.29, 0.717) is 17.7 Å². The number of hydrogen-bond donors (Lipinski definition) is 1. The molecule has 1 aromatic heterocycles. The van der Waals surface area contributed by atoms with Gasteiger partial charge in [0.25, 0.3) is 0 Å². The highest BCUT2D eigenvalue weighted by Gasteiger charge is 2.17. The van der Waals surface area contributed by atoms with Crippen LogP contribution in [0.3, 0.4) is 0 Å². The average Bonchev–Trinajstić information content (AvgIpc) is 2.78. The van der Waals surface area contributed by atoms with Crippen LogP contribution in [0.2, 0.25) is 0 Å². The van der Waals surface area contributed by atoms with E-state index in [0.717, 1.165) is 6.07 Å². The fourth-order valence-corrected chi connectivity index (χ4v) is 2.23. The van der Waals surface area contributed by atoms with Gasteiger partial charge < -0.3 is 4.98 Å². The predicted molar refractivity (Wildman–Crippen MR) is 69.0 cm³/mol. The Morgan fingerprint density at radius 2 is 1.80 bits per heavy atom. The molecule has 0 aliphatic carbocycles. The molecule has 0 saturated heterocycles. The first kappa shape index (κ1) is 12.5. The van der Waals surface area contributed by atoms with Crippen molar-refractivity contribution in [2.75, 3.05) is 0 Å². The lowest BCUT2D eigenvalue weighted by Crippen LogP contribution is -1.90. The summed E-state index contributed by atoms with van der Waals surface area (Å²) in [5, 5.41) is 0.360. The van der Waals surface area contributed by atoms with Crippen molar-refractivity contribution in [3.63, 3.8) is 0 Å². The number of nitrogens with one attached hydrogen (secondary N) is 1. The van der Waals surface area contributed by atoms with Crippen molar-refractivity contribution in [2.45, 2.75) is 0 Å². The number of aldehydes is 1. The van der Waals surface area contributed by atoms with Crippen molar-refractivity contribution in [2.24, 2.45) is 0 Å². The number of para-hydroxylation sites is 1. The number of carbonyl (C=O) groups excluding carboxylic acids is 1. The second-order valence-corrected chi connectivity index (χ2v) is 4.32. The Morgan fingerprint density at radius 3 is 2.50 bits per heavy atom. The number of aromatic nitrogens is 1. The molecule has 0 unspecified atom stereocenters. The molecule has 0 atom stereocenters. The normalized spacial score (nSPS) is 10.9. The van der Waals surface area contributed by atoms with Gasteiger partial charge in [-0.05, 0) is 18.2 Å². The second kappa shape index (κ2) is 4.52. The van der Waals surface area contributed by atoms with Crippen LogP contribution in [-0.2, 0) is 0 Å². The Kier molecular flexibility index (Phi) is 2.82. The third-order valence-corrected chi connectivity index (χ3v) is 3.14. The lowest BCUT2D eigenvalue weighted by Gasteiger charge is -2.02. The number of halogens is 3. The highest BCUT2D eigenvalue weighted by molar-refractivity contribution is 6.04. The molecule has 0 aliphatic rings. The molecule has 20 heavy (non-hydrogen) atoms. The van der Waals surface area contributed by atoms with E-state index < -0.39 is 17.5 Å². The Bertz CT molecular complexity index is 823. The third-order valence-electron chi connectivity index (χ3n) is 3.14. The fourth-order valence-electron chi connectivity index (χ4n) is 2.23. The second-order valence-electron chi connectivity index (χ2n) is 4.32. The van der Waals surface area contributed by atoms with Gasteiger partial charge in [0.1, 0.15) is 17.5 Å². The standard InChI is InChI=1S/C15H8F3NO/c16-8-4-5-10(13(18)6-8)14-11(7-20)9-2-1-3-12(17)15(9)19-14/h1-7,19H. The number of fused-ring (bicyclic) bond motifs is 1. The lowest BCUT2D eigenvalue weighted by molar-refractivity contribution is 0.112. The molecule has 2 aromatic carbocycles. The number of benzene rings is 2. The molecule has 3 rings (SSSR count). The van der Waals surface area contributed by atoms with Gasteiger partial charge in [-0.25, -0.2) is 13.2 Å². The van der Waals surface area contributed by atoms with Crippen molar-refractivity contribution in [3.05, 3.63) is 59.4 Å². The minimum atomic E-state index is -0.819.